The Morgan fingerprint density at radius 1 is 1.25 bits per heavy atom. The van der Waals surface area contributed by atoms with Gasteiger partial charge >= 0.3 is 5.97 Å². The van der Waals surface area contributed by atoms with Gasteiger partial charge < -0.3 is 14.6 Å². The van der Waals surface area contributed by atoms with Gasteiger partial charge in [-0.15, -0.1) is 0 Å². The summed E-state index contributed by atoms with van der Waals surface area (Å²) in [5.74, 6) is -1.52. The Kier molecular flexibility index (Phi) is 5.77. The summed E-state index contributed by atoms with van der Waals surface area (Å²) in [5.41, 5.74) is 0.416. The van der Waals surface area contributed by atoms with Crippen LogP contribution in [0.15, 0.2) is 30.3 Å². The van der Waals surface area contributed by atoms with E-state index in [0.29, 0.717) is 11.3 Å². The maximum absolute atomic E-state index is 11.4. The molecule has 0 bridgehead atoms. The van der Waals surface area contributed by atoms with Crippen molar-refractivity contribution in [3.05, 3.63) is 35.9 Å². The van der Waals surface area contributed by atoms with Crippen LogP contribution in [0.25, 0.3) is 5.76 Å². The molecule has 5 heteroatoms. The first kappa shape index (κ1) is 15.8. The lowest BCUT2D eigenvalue weighted by atomic mass is 10.1. The lowest BCUT2D eigenvalue weighted by Gasteiger charge is -2.09. The zero-order valence-corrected chi connectivity index (χ0v) is 11.8. The first-order chi connectivity index (χ1) is 9.43. The maximum Gasteiger partial charge on any atom is 0.379 e. The van der Waals surface area contributed by atoms with Crippen molar-refractivity contribution in [2.45, 2.75) is 26.9 Å². The smallest absolute Gasteiger partial charge is 0.379 e. The summed E-state index contributed by atoms with van der Waals surface area (Å²) in [6.07, 6.45) is 0.895. The molecule has 1 rings (SSSR count). The molecule has 0 aliphatic heterocycles. The lowest BCUT2D eigenvalue weighted by molar-refractivity contribution is -0.151. The number of hydrogen-bond acceptors (Lipinski definition) is 5. The Morgan fingerprint density at radius 2 is 1.85 bits per heavy atom. The number of carbonyl (C=O) groups excluding carboxylic acids is 2. The molecule has 108 valence electrons. The third kappa shape index (κ3) is 4.76. The van der Waals surface area contributed by atoms with Gasteiger partial charge in [-0.3, -0.25) is 4.79 Å². The van der Waals surface area contributed by atoms with Crippen molar-refractivity contribution in [1.29, 1.82) is 0 Å². The van der Waals surface area contributed by atoms with Gasteiger partial charge in [-0.05, 0) is 45.0 Å². The zero-order valence-electron chi connectivity index (χ0n) is 11.8. The Bertz CT molecular complexity index is 500. The molecular formula is C15H18O5. The van der Waals surface area contributed by atoms with Gasteiger partial charge in [0.15, 0.2) is 0 Å². The van der Waals surface area contributed by atoms with Crippen molar-refractivity contribution >= 4 is 17.5 Å². The number of ether oxygens (including phenoxy) is 2. The van der Waals surface area contributed by atoms with E-state index in [9.17, 15) is 14.7 Å². The van der Waals surface area contributed by atoms with Gasteiger partial charge in [0.1, 0.15) is 11.5 Å². The highest BCUT2D eigenvalue weighted by atomic mass is 16.5. The fraction of sp³-hybridized carbons (Fsp3) is 0.333. The maximum atomic E-state index is 11.4. The second kappa shape index (κ2) is 7.33. The van der Waals surface area contributed by atoms with Crippen LogP contribution >= 0.6 is 0 Å². The second-order valence-electron chi connectivity index (χ2n) is 4.31. The van der Waals surface area contributed by atoms with Crippen LogP contribution in [0.4, 0.5) is 0 Å². The van der Waals surface area contributed by atoms with E-state index >= 15 is 0 Å². The van der Waals surface area contributed by atoms with E-state index in [1.807, 2.05) is 13.8 Å². The molecular weight excluding hydrogens is 260 g/mol. The summed E-state index contributed by atoms with van der Waals surface area (Å²) in [6, 6.07) is 6.55. The number of ketones is 1. The van der Waals surface area contributed by atoms with Gasteiger partial charge in [-0.2, -0.15) is 0 Å². The van der Waals surface area contributed by atoms with E-state index in [0.717, 1.165) is 6.08 Å². The summed E-state index contributed by atoms with van der Waals surface area (Å²) in [6.45, 7) is 5.52. The summed E-state index contributed by atoms with van der Waals surface area (Å²) in [4.78, 5) is 22.5. The number of benzene rings is 1. The third-order valence-electron chi connectivity index (χ3n) is 2.27. The molecule has 1 aromatic rings. The molecule has 0 spiro atoms. The molecule has 20 heavy (non-hydrogen) atoms. The van der Waals surface area contributed by atoms with Crippen LogP contribution in [-0.2, 0) is 14.3 Å². The van der Waals surface area contributed by atoms with Crippen LogP contribution in [0, 0.1) is 0 Å². The molecule has 0 atom stereocenters. The highest BCUT2D eigenvalue weighted by molar-refractivity contribution is 6.39. The van der Waals surface area contributed by atoms with Crippen molar-refractivity contribution in [3.8, 4) is 5.75 Å². The molecule has 1 aromatic carbocycles. The molecule has 0 saturated heterocycles. The van der Waals surface area contributed by atoms with Crippen molar-refractivity contribution in [1.82, 2.24) is 0 Å². The Labute approximate surface area is 117 Å². The molecule has 0 fully saturated rings. The van der Waals surface area contributed by atoms with Crippen LogP contribution in [0.3, 0.4) is 0 Å². The van der Waals surface area contributed by atoms with Crippen LogP contribution < -0.4 is 4.74 Å². The van der Waals surface area contributed by atoms with Crippen LogP contribution in [-0.4, -0.2) is 29.6 Å². The van der Waals surface area contributed by atoms with Gasteiger partial charge in [0.2, 0.25) is 0 Å². The van der Waals surface area contributed by atoms with Crippen LogP contribution in [0.5, 0.6) is 5.75 Å². The third-order valence-corrected chi connectivity index (χ3v) is 2.27. The van der Waals surface area contributed by atoms with Gasteiger partial charge in [0.25, 0.3) is 5.78 Å². The first-order valence-corrected chi connectivity index (χ1v) is 6.33. The summed E-state index contributed by atoms with van der Waals surface area (Å²) in [5, 5.41) is 9.77. The van der Waals surface area contributed by atoms with Crippen LogP contribution in [0.1, 0.15) is 26.3 Å². The number of esters is 1. The SMILES string of the molecule is CCOC(=O)C(=O)C=C(O)c1ccc(OC(C)C)cc1. The molecule has 0 aliphatic rings. The quantitative estimate of drug-likeness (QED) is 0.374. The predicted molar refractivity (Wildman–Crippen MR) is 74.5 cm³/mol. The van der Waals surface area contributed by atoms with E-state index in [1.54, 1.807) is 31.2 Å². The number of hydrogen-bond donors (Lipinski definition) is 1. The second-order valence-corrected chi connectivity index (χ2v) is 4.31. The minimum absolute atomic E-state index is 0.0513. The minimum Gasteiger partial charge on any atom is -0.507 e. The highest BCUT2D eigenvalue weighted by Gasteiger charge is 2.13. The summed E-state index contributed by atoms with van der Waals surface area (Å²) in [7, 11) is 0. The Hall–Kier alpha value is -2.30. The van der Waals surface area contributed by atoms with Gasteiger partial charge in [-0.1, -0.05) is 0 Å². The van der Waals surface area contributed by atoms with Crippen LogP contribution in [0.2, 0.25) is 0 Å². The summed E-state index contributed by atoms with van der Waals surface area (Å²) < 4.78 is 10.00. The lowest BCUT2D eigenvalue weighted by Crippen LogP contribution is -2.15. The molecule has 0 radical (unpaired) electrons. The first-order valence-electron chi connectivity index (χ1n) is 6.33. The van der Waals surface area contributed by atoms with E-state index in [4.69, 9.17) is 4.74 Å². The Morgan fingerprint density at radius 3 is 2.35 bits per heavy atom. The highest BCUT2D eigenvalue weighted by Crippen LogP contribution is 2.18. The molecule has 1 N–H and O–H groups in total. The van der Waals surface area contributed by atoms with Gasteiger partial charge in [0, 0.05) is 11.6 Å². The standard InChI is InChI=1S/C15H18O5/c1-4-19-15(18)14(17)9-13(16)11-5-7-12(8-6-11)20-10(2)3/h5-10,16H,4H2,1-3H3. The fourth-order valence-corrected chi connectivity index (χ4v) is 1.45. The van der Waals surface area contributed by atoms with Crippen molar-refractivity contribution < 1.29 is 24.2 Å². The number of aliphatic hydroxyl groups excluding tert-OH is 1. The van der Waals surface area contributed by atoms with Gasteiger partial charge in [-0.25, -0.2) is 4.79 Å². The van der Waals surface area contributed by atoms with E-state index in [-0.39, 0.29) is 18.5 Å². The average molecular weight is 278 g/mol. The molecule has 0 unspecified atom stereocenters. The minimum atomic E-state index is -0.987. The van der Waals surface area contributed by atoms with Crippen molar-refractivity contribution in [3.63, 3.8) is 0 Å². The largest absolute Gasteiger partial charge is 0.507 e. The van der Waals surface area contributed by atoms with Crippen molar-refractivity contribution in [2.75, 3.05) is 6.61 Å². The Balaban J connectivity index is 2.79. The normalized spacial score (nSPS) is 11.3. The molecule has 5 nitrogen and oxygen atoms in total. The van der Waals surface area contributed by atoms with Gasteiger partial charge in [0.05, 0.1) is 12.7 Å². The topological polar surface area (TPSA) is 72.8 Å². The molecule has 0 saturated carbocycles. The number of rotatable bonds is 6. The molecule has 0 heterocycles. The zero-order chi connectivity index (χ0) is 15.1. The molecule has 0 aromatic heterocycles. The predicted octanol–water partition coefficient (Wildman–Crippen LogP) is 2.50. The number of aliphatic hydroxyl groups is 1. The molecule has 0 amide bonds. The van der Waals surface area contributed by atoms with E-state index in [1.165, 1.54) is 0 Å². The molecule has 0 aliphatic carbocycles. The summed E-state index contributed by atoms with van der Waals surface area (Å²) >= 11 is 0. The number of carbonyl (C=O) groups is 2. The fourth-order valence-electron chi connectivity index (χ4n) is 1.45. The van der Waals surface area contributed by atoms with Crippen molar-refractivity contribution in [2.24, 2.45) is 0 Å². The monoisotopic (exact) mass is 278 g/mol. The average Bonchev–Trinajstić information content (AvgIpc) is 2.39. The van der Waals surface area contributed by atoms with E-state index < -0.39 is 11.8 Å². The van der Waals surface area contributed by atoms with E-state index in [2.05, 4.69) is 4.74 Å².